The molecule has 0 bridgehead atoms. The highest BCUT2D eigenvalue weighted by Gasteiger charge is 2.17. The molecule has 0 aliphatic heterocycles. The summed E-state index contributed by atoms with van der Waals surface area (Å²) in [5, 5.41) is 19.6. The Labute approximate surface area is 111 Å². The summed E-state index contributed by atoms with van der Waals surface area (Å²) in [6, 6.07) is 5.25. The van der Waals surface area contributed by atoms with Gasteiger partial charge in [-0.05, 0) is 18.2 Å². The third kappa shape index (κ3) is 2.86. The molecular weight excluding hydrogens is 271 g/mol. The fourth-order valence-corrected chi connectivity index (χ4v) is 1.44. The van der Waals surface area contributed by atoms with Crippen LogP contribution in [0.15, 0.2) is 36.5 Å². The van der Waals surface area contributed by atoms with E-state index in [1.165, 1.54) is 12.3 Å². The van der Waals surface area contributed by atoms with Crippen LogP contribution >= 0.6 is 0 Å². The maximum Gasteiger partial charge on any atom is 0.354 e. The van der Waals surface area contributed by atoms with E-state index in [4.69, 9.17) is 9.84 Å². The summed E-state index contributed by atoms with van der Waals surface area (Å²) in [7, 11) is 0. The Bertz CT molecular complexity index is 689. The highest BCUT2D eigenvalue weighted by atomic mass is 19.1. The zero-order chi connectivity index (χ0) is 14.7. The van der Waals surface area contributed by atoms with E-state index in [-0.39, 0.29) is 17.2 Å². The van der Waals surface area contributed by atoms with Gasteiger partial charge in [-0.3, -0.25) is 10.1 Å². The van der Waals surface area contributed by atoms with Crippen LogP contribution in [-0.4, -0.2) is 21.0 Å². The second kappa shape index (κ2) is 5.31. The van der Waals surface area contributed by atoms with Gasteiger partial charge in [0.25, 0.3) is 0 Å². The van der Waals surface area contributed by atoms with Crippen molar-refractivity contribution in [3.63, 3.8) is 0 Å². The third-order valence-electron chi connectivity index (χ3n) is 2.30. The van der Waals surface area contributed by atoms with Gasteiger partial charge >= 0.3 is 11.7 Å². The number of nitro benzene ring substituents is 1. The number of aromatic nitrogens is 1. The molecule has 0 atom stereocenters. The maximum absolute atomic E-state index is 13.0. The van der Waals surface area contributed by atoms with Gasteiger partial charge in [-0.2, -0.15) is 0 Å². The van der Waals surface area contributed by atoms with Gasteiger partial charge in [-0.1, -0.05) is 0 Å². The molecule has 1 aromatic carbocycles. The summed E-state index contributed by atoms with van der Waals surface area (Å²) in [5.41, 5.74) is -0.828. The van der Waals surface area contributed by atoms with E-state index in [1.807, 2.05) is 0 Å². The summed E-state index contributed by atoms with van der Waals surface area (Å²) in [4.78, 5) is 24.3. The summed E-state index contributed by atoms with van der Waals surface area (Å²) in [6.45, 7) is 0. The van der Waals surface area contributed by atoms with E-state index >= 15 is 0 Å². The first kappa shape index (κ1) is 13.4. The number of carboxylic acid groups (broad SMARTS) is 1. The van der Waals surface area contributed by atoms with Crippen molar-refractivity contribution in [1.29, 1.82) is 0 Å². The smallest absolute Gasteiger partial charge is 0.354 e. The van der Waals surface area contributed by atoms with Gasteiger partial charge in [-0.25, -0.2) is 14.2 Å². The standard InChI is InChI=1S/C12H7FN2O5/c13-7-1-2-11(10(5-7)15(18)19)20-8-3-4-14-9(6-8)12(16)17/h1-6H,(H,16,17). The lowest BCUT2D eigenvalue weighted by Gasteiger charge is -2.06. The number of ether oxygens (including phenoxy) is 1. The van der Waals surface area contributed by atoms with E-state index < -0.39 is 22.4 Å². The molecule has 8 heteroatoms. The molecule has 0 aliphatic rings. The first-order valence-electron chi connectivity index (χ1n) is 5.28. The topological polar surface area (TPSA) is 103 Å². The molecule has 7 nitrogen and oxygen atoms in total. The molecule has 0 saturated heterocycles. The molecule has 0 spiro atoms. The lowest BCUT2D eigenvalue weighted by Crippen LogP contribution is -2.00. The number of nitrogens with zero attached hydrogens (tertiary/aromatic N) is 2. The van der Waals surface area contributed by atoms with Crippen molar-refractivity contribution >= 4 is 11.7 Å². The number of aromatic carboxylic acids is 1. The lowest BCUT2D eigenvalue weighted by molar-refractivity contribution is -0.385. The number of carboxylic acids is 1. The van der Waals surface area contributed by atoms with Gasteiger partial charge in [0.05, 0.1) is 11.0 Å². The Morgan fingerprint density at radius 2 is 2.10 bits per heavy atom. The Balaban J connectivity index is 2.37. The molecule has 0 saturated carbocycles. The maximum atomic E-state index is 13.0. The zero-order valence-corrected chi connectivity index (χ0v) is 9.82. The highest BCUT2D eigenvalue weighted by Crippen LogP contribution is 2.31. The fraction of sp³-hybridized carbons (Fsp3) is 0. The summed E-state index contributed by atoms with van der Waals surface area (Å²) in [5.74, 6) is -2.18. The SMILES string of the molecule is O=C(O)c1cc(Oc2ccc(F)cc2[N+](=O)[O-])ccn1. The molecule has 2 rings (SSSR count). The number of rotatable bonds is 4. The predicted molar refractivity (Wildman–Crippen MR) is 64.3 cm³/mol. The van der Waals surface area contributed by atoms with Crippen molar-refractivity contribution < 1.29 is 24.0 Å². The minimum atomic E-state index is -1.26. The van der Waals surface area contributed by atoms with Crippen LogP contribution in [0.25, 0.3) is 0 Å². The Kier molecular flexibility index (Phi) is 3.56. The number of benzene rings is 1. The van der Waals surface area contributed by atoms with Gasteiger partial charge in [0.1, 0.15) is 11.6 Å². The van der Waals surface area contributed by atoms with Crippen molar-refractivity contribution in [1.82, 2.24) is 4.98 Å². The average molecular weight is 278 g/mol. The minimum absolute atomic E-state index is 0.0482. The molecule has 0 unspecified atom stereocenters. The summed E-state index contributed by atoms with van der Waals surface area (Å²) in [6.07, 6.45) is 1.19. The normalized spacial score (nSPS) is 10.1. The largest absolute Gasteiger partial charge is 0.477 e. The summed E-state index contributed by atoms with van der Waals surface area (Å²) >= 11 is 0. The van der Waals surface area contributed by atoms with Crippen LogP contribution in [0, 0.1) is 15.9 Å². The third-order valence-corrected chi connectivity index (χ3v) is 2.30. The van der Waals surface area contributed by atoms with E-state index in [1.54, 1.807) is 0 Å². The molecule has 2 aromatic rings. The monoisotopic (exact) mass is 278 g/mol. The number of hydrogen-bond acceptors (Lipinski definition) is 5. The number of pyridine rings is 1. The number of halogens is 1. The summed E-state index contributed by atoms with van der Waals surface area (Å²) < 4.78 is 18.2. The molecular formula is C12H7FN2O5. The van der Waals surface area contributed by atoms with Crippen LogP contribution in [-0.2, 0) is 0 Å². The number of carbonyl (C=O) groups is 1. The molecule has 102 valence electrons. The van der Waals surface area contributed by atoms with Crippen LogP contribution in [0.2, 0.25) is 0 Å². The van der Waals surface area contributed by atoms with Gasteiger partial charge in [-0.15, -0.1) is 0 Å². The Morgan fingerprint density at radius 3 is 2.75 bits per heavy atom. The van der Waals surface area contributed by atoms with Crippen molar-refractivity contribution in [3.05, 3.63) is 58.2 Å². The molecule has 0 fully saturated rings. The average Bonchev–Trinajstić information content (AvgIpc) is 2.41. The molecule has 1 aromatic heterocycles. The quantitative estimate of drug-likeness (QED) is 0.681. The molecule has 1 heterocycles. The zero-order valence-electron chi connectivity index (χ0n) is 9.82. The van der Waals surface area contributed by atoms with E-state index in [9.17, 15) is 19.3 Å². The van der Waals surface area contributed by atoms with Crippen molar-refractivity contribution in [2.75, 3.05) is 0 Å². The fourth-order valence-electron chi connectivity index (χ4n) is 1.44. The molecule has 0 amide bonds. The molecule has 0 radical (unpaired) electrons. The Morgan fingerprint density at radius 1 is 1.35 bits per heavy atom. The van der Waals surface area contributed by atoms with Gasteiger partial charge in [0, 0.05) is 12.3 Å². The first-order chi connectivity index (χ1) is 9.47. The highest BCUT2D eigenvalue weighted by molar-refractivity contribution is 5.85. The predicted octanol–water partition coefficient (Wildman–Crippen LogP) is 2.62. The van der Waals surface area contributed by atoms with Crippen LogP contribution in [0.1, 0.15) is 10.5 Å². The minimum Gasteiger partial charge on any atom is -0.477 e. The van der Waals surface area contributed by atoms with Gasteiger partial charge < -0.3 is 9.84 Å². The van der Waals surface area contributed by atoms with Crippen LogP contribution in [0.4, 0.5) is 10.1 Å². The van der Waals surface area contributed by atoms with E-state index in [0.717, 1.165) is 18.2 Å². The van der Waals surface area contributed by atoms with E-state index in [2.05, 4.69) is 4.98 Å². The van der Waals surface area contributed by atoms with Gasteiger partial charge in [0.2, 0.25) is 5.75 Å². The Hall–Kier alpha value is -3.03. The lowest BCUT2D eigenvalue weighted by atomic mass is 10.3. The number of nitro groups is 1. The molecule has 0 aliphatic carbocycles. The number of hydrogen-bond donors (Lipinski definition) is 1. The molecule has 20 heavy (non-hydrogen) atoms. The molecule has 1 N–H and O–H groups in total. The van der Waals surface area contributed by atoms with Crippen LogP contribution in [0.3, 0.4) is 0 Å². The van der Waals surface area contributed by atoms with Crippen LogP contribution < -0.4 is 4.74 Å². The van der Waals surface area contributed by atoms with Gasteiger partial charge in [0.15, 0.2) is 5.69 Å². The first-order valence-corrected chi connectivity index (χ1v) is 5.28. The van der Waals surface area contributed by atoms with Crippen molar-refractivity contribution in [3.8, 4) is 11.5 Å². The van der Waals surface area contributed by atoms with Crippen molar-refractivity contribution in [2.45, 2.75) is 0 Å². The van der Waals surface area contributed by atoms with E-state index in [0.29, 0.717) is 6.07 Å². The van der Waals surface area contributed by atoms with Crippen molar-refractivity contribution in [2.24, 2.45) is 0 Å². The second-order valence-corrected chi connectivity index (χ2v) is 3.65. The van der Waals surface area contributed by atoms with Crippen LogP contribution in [0.5, 0.6) is 11.5 Å². The second-order valence-electron chi connectivity index (χ2n) is 3.65.